The van der Waals surface area contributed by atoms with Gasteiger partial charge in [0.2, 0.25) is 65.0 Å². The van der Waals surface area contributed by atoms with E-state index in [0.29, 0.717) is 32.8 Å². The summed E-state index contributed by atoms with van der Waals surface area (Å²) in [6.07, 6.45) is 2.53. The predicted molar refractivity (Wildman–Crippen MR) is 372 cm³/mol. The molecule has 2 heterocycles. The molecule has 97 heavy (non-hydrogen) atoms. The van der Waals surface area contributed by atoms with Gasteiger partial charge in [0, 0.05) is 82.5 Å². The van der Waals surface area contributed by atoms with Gasteiger partial charge in [-0.2, -0.15) is 0 Å². The Hall–Kier alpha value is -6.29. The summed E-state index contributed by atoms with van der Waals surface area (Å²) < 4.78 is 17.6. The number of amides is 11. The Kier molecular flexibility index (Phi) is 35.9. The fraction of sp³-hybridized carbons (Fsp3) is 0.814. The van der Waals surface area contributed by atoms with Gasteiger partial charge in [-0.25, -0.2) is 0 Å². The molecule has 2 aliphatic rings. The number of ether oxygens (including phenoxy) is 3. The summed E-state index contributed by atoms with van der Waals surface area (Å²) >= 11 is 0. The molecule has 0 unspecified atom stereocenters. The van der Waals surface area contributed by atoms with Gasteiger partial charge in [-0.15, -0.1) is 0 Å². The van der Waals surface area contributed by atoms with E-state index in [1.807, 2.05) is 41.5 Å². The van der Waals surface area contributed by atoms with Crippen LogP contribution in [0, 0.1) is 35.5 Å². The summed E-state index contributed by atoms with van der Waals surface area (Å²) in [5.41, 5.74) is -1.07. The maximum atomic E-state index is 15.5. The number of hydrogen-bond donors (Lipinski definition) is 5. The first-order chi connectivity index (χ1) is 45.0. The van der Waals surface area contributed by atoms with Crippen molar-refractivity contribution in [2.24, 2.45) is 35.5 Å². The standard InChI is InChI=1S/C70H126N12O15/c1-26-28-29-46(13)58(83)57-62(87)73-49(27-2)64(89)79(22)54(40-97-35-32-82-30-33-96-34-31-82)67(92)78(21)53(39-70(16,17)95-25)61(86)74-55(44(9)10)68(93)75(18)50(36-41(3)4)60(85)71-47(14)59(84)72-48(15)63(88)76(19)51(37-42(5)6)65(90)77(20)52(38-43(7)8)66(91)80(23)56(45(11)12)69(94)81(57)24/h26,28,41-58,83H,27,29-40H2,1-25H3,(H,71,85)(H,72,84)(H,73,87)(H,74,86)/b28-26+/t46-,47+,48-,49+,50+,51+,52+,53+,54-,55+,56+,57+,58-/m1/s1. The van der Waals surface area contributed by atoms with E-state index in [1.54, 1.807) is 74.5 Å². The van der Waals surface area contributed by atoms with E-state index in [9.17, 15) is 24.3 Å². The highest BCUT2D eigenvalue weighted by atomic mass is 16.5. The summed E-state index contributed by atoms with van der Waals surface area (Å²) in [6.45, 7) is 32.1. The van der Waals surface area contributed by atoms with Crippen LogP contribution >= 0.6 is 0 Å². The first kappa shape index (κ1) is 86.8. The minimum absolute atomic E-state index is 0.0473. The van der Waals surface area contributed by atoms with E-state index >= 15 is 33.6 Å². The summed E-state index contributed by atoms with van der Waals surface area (Å²) in [6, 6.07) is -14.5. The summed E-state index contributed by atoms with van der Waals surface area (Å²) in [7, 11) is 11.3. The molecule has 27 heteroatoms. The zero-order valence-electron chi connectivity index (χ0n) is 63.5. The molecule has 0 bridgehead atoms. The summed E-state index contributed by atoms with van der Waals surface area (Å²) in [5, 5.41) is 23.5. The molecule has 0 saturated carbocycles. The van der Waals surface area contributed by atoms with Crippen LogP contribution in [0.5, 0.6) is 0 Å². The maximum absolute atomic E-state index is 15.5. The lowest BCUT2D eigenvalue weighted by molar-refractivity contribution is -0.157. The third kappa shape index (κ3) is 24.8. The van der Waals surface area contributed by atoms with Crippen molar-refractivity contribution in [2.45, 2.75) is 234 Å². The van der Waals surface area contributed by atoms with Crippen molar-refractivity contribution in [2.75, 3.05) is 103 Å². The van der Waals surface area contributed by atoms with Crippen LogP contribution in [-0.4, -0.2) is 290 Å². The molecular weight excluding hydrogens is 1250 g/mol. The van der Waals surface area contributed by atoms with Crippen molar-refractivity contribution < 1.29 is 72.1 Å². The zero-order chi connectivity index (χ0) is 74.4. The number of likely N-dealkylation sites (N-methyl/N-ethyl adjacent to an activating group) is 7. The fourth-order valence-corrected chi connectivity index (χ4v) is 12.3. The van der Waals surface area contributed by atoms with Crippen molar-refractivity contribution in [3.63, 3.8) is 0 Å². The van der Waals surface area contributed by atoms with Crippen LogP contribution in [0.2, 0.25) is 0 Å². The van der Waals surface area contributed by atoms with E-state index in [-0.39, 0.29) is 69.5 Å². The zero-order valence-corrected chi connectivity index (χ0v) is 63.5. The largest absolute Gasteiger partial charge is 0.390 e. The SMILES string of the molecule is C/C=C/C[C@@H](C)[C@@H](O)[C@H]1C(=O)N[C@@H](CC)C(=O)N(C)[C@H](COCCN2CCOCC2)C(=O)N(C)[C@@H](CC(C)(C)OC)C(=O)N[C@@H](C(C)C)C(=O)N(C)[C@@H](CC(C)C)C(=O)N[C@@H](C)C(=O)N[C@H](C)C(=O)N(C)[C@@H](CC(C)C)C(=O)N(C)[C@@H](CC(C)C)C(=O)N(C)[C@@H](C(C)C)C(=O)N1C. The molecule has 2 aliphatic heterocycles. The number of aliphatic hydroxyl groups excluding tert-OH is 1. The maximum Gasteiger partial charge on any atom is 0.248 e. The minimum Gasteiger partial charge on any atom is -0.390 e. The predicted octanol–water partition coefficient (Wildman–Crippen LogP) is 2.76. The Balaban J connectivity index is 3.14. The molecule has 0 spiro atoms. The number of aliphatic hydroxyl groups is 1. The fourth-order valence-electron chi connectivity index (χ4n) is 12.3. The van der Waals surface area contributed by atoms with Crippen LogP contribution in [-0.2, 0) is 67.0 Å². The van der Waals surface area contributed by atoms with Crippen molar-refractivity contribution in [3.05, 3.63) is 12.2 Å². The molecule has 0 aliphatic carbocycles. The number of methoxy groups -OCH3 is 1. The quantitative estimate of drug-likeness (QED) is 0.0815. The third-order valence-corrected chi connectivity index (χ3v) is 18.9. The van der Waals surface area contributed by atoms with Crippen LogP contribution in [0.3, 0.4) is 0 Å². The number of nitrogens with zero attached hydrogens (tertiary/aromatic N) is 8. The van der Waals surface area contributed by atoms with Gasteiger partial charge in [-0.05, 0) is 102 Å². The number of hydrogen-bond acceptors (Lipinski definition) is 16. The number of morpholine rings is 1. The highest BCUT2D eigenvalue weighted by Crippen LogP contribution is 2.27. The van der Waals surface area contributed by atoms with Gasteiger partial charge in [-0.3, -0.25) is 57.6 Å². The summed E-state index contributed by atoms with van der Waals surface area (Å²) in [4.78, 5) is 175. The molecule has 0 aromatic carbocycles. The highest BCUT2D eigenvalue weighted by molar-refractivity contribution is 6.00. The van der Waals surface area contributed by atoms with Gasteiger partial charge in [-0.1, -0.05) is 95.2 Å². The van der Waals surface area contributed by atoms with Gasteiger partial charge >= 0.3 is 0 Å². The van der Waals surface area contributed by atoms with E-state index in [4.69, 9.17) is 14.2 Å². The number of carbonyl (C=O) groups excluding carboxylic acids is 11. The van der Waals surface area contributed by atoms with E-state index in [0.717, 1.165) is 9.80 Å². The number of nitrogens with one attached hydrogen (secondary N) is 4. The van der Waals surface area contributed by atoms with Crippen molar-refractivity contribution in [1.29, 1.82) is 0 Å². The topological polar surface area (TPSA) is 310 Å². The Morgan fingerprint density at radius 1 is 0.536 bits per heavy atom. The average Bonchev–Trinajstić information content (AvgIpc) is 0.815. The minimum atomic E-state index is -1.67. The van der Waals surface area contributed by atoms with Crippen LogP contribution in [0.15, 0.2) is 12.2 Å². The Bertz CT molecular complexity index is 2650. The molecule has 27 nitrogen and oxygen atoms in total. The van der Waals surface area contributed by atoms with Gasteiger partial charge in [0.15, 0.2) is 0 Å². The first-order valence-electron chi connectivity index (χ1n) is 34.9. The van der Waals surface area contributed by atoms with Crippen LogP contribution < -0.4 is 21.3 Å². The van der Waals surface area contributed by atoms with Crippen molar-refractivity contribution in [3.8, 4) is 0 Å². The molecule has 11 amide bonds. The molecule has 0 radical (unpaired) electrons. The lowest BCUT2D eigenvalue weighted by Crippen LogP contribution is -2.64. The lowest BCUT2D eigenvalue weighted by Gasteiger charge is -2.41. The second-order valence-corrected chi connectivity index (χ2v) is 29.4. The second kappa shape index (κ2) is 40.1. The normalized spacial score (nSPS) is 27.1. The average molecular weight is 1380 g/mol. The van der Waals surface area contributed by atoms with Gasteiger partial charge in [0.25, 0.3) is 0 Å². The summed E-state index contributed by atoms with van der Waals surface area (Å²) in [5.74, 6) is -10.3. The lowest BCUT2D eigenvalue weighted by atomic mass is 9.91. The van der Waals surface area contributed by atoms with Crippen molar-refractivity contribution in [1.82, 2.24) is 60.5 Å². The highest BCUT2D eigenvalue weighted by Gasteiger charge is 2.47. The van der Waals surface area contributed by atoms with Crippen LogP contribution in [0.25, 0.3) is 0 Å². The molecule has 0 aromatic heterocycles. The van der Waals surface area contributed by atoms with Crippen LogP contribution in [0.1, 0.15) is 156 Å². The Labute approximate surface area is 579 Å². The second-order valence-electron chi connectivity index (χ2n) is 29.4. The van der Waals surface area contributed by atoms with E-state index in [1.165, 1.54) is 94.8 Å². The first-order valence-corrected chi connectivity index (χ1v) is 34.9. The van der Waals surface area contributed by atoms with Crippen molar-refractivity contribution >= 4 is 65.0 Å². The molecule has 13 atom stereocenters. The smallest absolute Gasteiger partial charge is 0.248 e. The molecular formula is C70H126N12O15. The van der Waals surface area contributed by atoms with Gasteiger partial charge in [0.1, 0.15) is 66.5 Å². The van der Waals surface area contributed by atoms with E-state index in [2.05, 4.69) is 26.2 Å². The monoisotopic (exact) mass is 1370 g/mol. The number of allylic oxidation sites excluding steroid dienone is 2. The molecule has 5 N–H and O–H groups in total. The number of carbonyl (C=O) groups is 11. The van der Waals surface area contributed by atoms with Gasteiger partial charge in [0.05, 0.1) is 38.1 Å². The third-order valence-electron chi connectivity index (χ3n) is 18.9. The van der Waals surface area contributed by atoms with Crippen LogP contribution in [0.4, 0.5) is 0 Å². The molecule has 556 valence electrons. The number of rotatable bonds is 21. The molecule has 2 fully saturated rings. The molecule has 2 rings (SSSR count). The molecule has 0 aromatic rings. The Morgan fingerprint density at radius 3 is 1.48 bits per heavy atom. The molecule has 2 saturated heterocycles. The Morgan fingerprint density at radius 2 is 0.990 bits per heavy atom. The van der Waals surface area contributed by atoms with E-state index < -0.39 is 161 Å². The van der Waals surface area contributed by atoms with Gasteiger partial charge < -0.3 is 74.9 Å².